The van der Waals surface area contributed by atoms with Crippen molar-refractivity contribution in [2.45, 2.75) is 38.7 Å². The molecule has 134 valence electrons. The highest BCUT2D eigenvalue weighted by Gasteiger charge is 2.19. The molecule has 1 fully saturated rings. The number of pyridine rings is 1. The Morgan fingerprint density at radius 3 is 2.80 bits per heavy atom. The van der Waals surface area contributed by atoms with Gasteiger partial charge >= 0.3 is 0 Å². The quantitative estimate of drug-likeness (QED) is 0.819. The van der Waals surface area contributed by atoms with Crippen LogP contribution in [0.1, 0.15) is 36.1 Å². The molecule has 2 aliphatic rings. The average Bonchev–Trinajstić information content (AvgIpc) is 3.30. The third-order valence-corrected chi connectivity index (χ3v) is 5.47. The number of nitrogens with zero attached hydrogens (tertiary/aromatic N) is 2. The van der Waals surface area contributed by atoms with Crippen LogP contribution in [0, 0.1) is 0 Å². The Morgan fingerprint density at radius 2 is 2.00 bits per heavy atom. The molecule has 0 saturated carbocycles. The molecule has 2 aromatic rings. The molecule has 0 unspecified atom stereocenters. The summed E-state index contributed by atoms with van der Waals surface area (Å²) in [6.45, 7) is 4.72. The predicted octanol–water partition coefficient (Wildman–Crippen LogP) is 2.93. The van der Waals surface area contributed by atoms with Gasteiger partial charge < -0.3 is 20.1 Å². The van der Waals surface area contributed by atoms with Gasteiger partial charge in [-0.05, 0) is 62.9 Å². The zero-order valence-electron chi connectivity index (χ0n) is 15.0. The van der Waals surface area contributed by atoms with Gasteiger partial charge in [0.15, 0.2) is 0 Å². The standard InChI is InChI=1S/C20H27N3O2/c1-24-19-12-16-18(22-17-6-4-5-15(17)20(16)21)11-14(19)13-25-10-9-23-7-2-3-8-23/h11-12H,2-10,13H2,1H3,(H2,21,22). The predicted molar refractivity (Wildman–Crippen MR) is 100 cm³/mol. The molecule has 1 saturated heterocycles. The van der Waals surface area contributed by atoms with Crippen LogP contribution in [0.3, 0.4) is 0 Å². The Morgan fingerprint density at radius 1 is 1.16 bits per heavy atom. The number of nitrogens with two attached hydrogens (primary N) is 1. The van der Waals surface area contributed by atoms with Crippen molar-refractivity contribution in [3.8, 4) is 5.75 Å². The molecule has 1 aromatic carbocycles. The van der Waals surface area contributed by atoms with Crippen LogP contribution in [0.2, 0.25) is 0 Å². The van der Waals surface area contributed by atoms with Crippen LogP contribution in [-0.4, -0.2) is 43.2 Å². The lowest BCUT2D eigenvalue weighted by Crippen LogP contribution is -2.23. The van der Waals surface area contributed by atoms with Crippen LogP contribution in [0.5, 0.6) is 5.75 Å². The molecular formula is C20H27N3O2. The van der Waals surface area contributed by atoms with E-state index in [2.05, 4.69) is 11.0 Å². The smallest absolute Gasteiger partial charge is 0.125 e. The van der Waals surface area contributed by atoms with E-state index in [1.807, 2.05) is 6.07 Å². The summed E-state index contributed by atoms with van der Waals surface area (Å²) in [5.41, 5.74) is 11.7. The van der Waals surface area contributed by atoms with Gasteiger partial charge in [-0.1, -0.05) is 0 Å². The Hall–Kier alpha value is -1.85. The van der Waals surface area contributed by atoms with E-state index in [4.69, 9.17) is 20.2 Å². The van der Waals surface area contributed by atoms with Crippen LogP contribution in [0.15, 0.2) is 12.1 Å². The fraction of sp³-hybridized carbons (Fsp3) is 0.550. The molecule has 0 amide bonds. The lowest BCUT2D eigenvalue weighted by Gasteiger charge is -2.16. The number of nitrogen functional groups attached to an aromatic ring is 1. The van der Waals surface area contributed by atoms with Crippen molar-refractivity contribution in [3.05, 3.63) is 29.0 Å². The second-order valence-electron chi connectivity index (χ2n) is 7.09. The number of rotatable bonds is 6. The summed E-state index contributed by atoms with van der Waals surface area (Å²) >= 11 is 0. The number of hydrogen-bond acceptors (Lipinski definition) is 5. The Bertz CT molecular complexity index is 769. The monoisotopic (exact) mass is 341 g/mol. The molecule has 0 radical (unpaired) electrons. The number of fused-ring (bicyclic) bond motifs is 2. The first-order chi connectivity index (χ1) is 12.3. The van der Waals surface area contributed by atoms with Gasteiger partial charge in [-0.2, -0.15) is 0 Å². The number of aromatic nitrogens is 1. The lowest BCUT2D eigenvalue weighted by atomic mass is 10.0. The maximum Gasteiger partial charge on any atom is 0.125 e. The molecule has 25 heavy (non-hydrogen) atoms. The van der Waals surface area contributed by atoms with E-state index in [0.717, 1.165) is 66.0 Å². The number of anilines is 1. The van der Waals surface area contributed by atoms with Gasteiger partial charge in [0, 0.05) is 28.9 Å². The topological polar surface area (TPSA) is 60.6 Å². The maximum atomic E-state index is 6.40. The fourth-order valence-corrected chi connectivity index (χ4v) is 4.05. The molecule has 1 aliphatic carbocycles. The van der Waals surface area contributed by atoms with Gasteiger partial charge in [-0.3, -0.25) is 4.98 Å². The number of hydrogen-bond donors (Lipinski definition) is 1. The van der Waals surface area contributed by atoms with E-state index in [9.17, 15) is 0 Å². The van der Waals surface area contributed by atoms with Crippen molar-refractivity contribution in [1.82, 2.24) is 9.88 Å². The van der Waals surface area contributed by atoms with Crippen molar-refractivity contribution in [3.63, 3.8) is 0 Å². The van der Waals surface area contributed by atoms with Crippen molar-refractivity contribution in [2.75, 3.05) is 39.1 Å². The molecule has 1 aromatic heterocycles. The largest absolute Gasteiger partial charge is 0.496 e. The third-order valence-electron chi connectivity index (χ3n) is 5.47. The molecular weight excluding hydrogens is 314 g/mol. The van der Waals surface area contributed by atoms with E-state index in [0.29, 0.717) is 6.61 Å². The van der Waals surface area contributed by atoms with Crippen LogP contribution >= 0.6 is 0 Å². The molecule has 4 rings (SSSR count). The van der Waals surface area contributed by atoms with E-state index in [-0.39, 0.29) is 0 Å². The molecule has 5 nitrogen and oxygen atoms in total. The minimum atomic E-state index is 0.547. The number of likely N-dealkylation sites (tertiary alicyclic amines) is 1. The van der Waals surface area contributed by atoms with E-state index >= 15 is 0 Å². The highest BCUT2D eigenvalue weighted by molar-refractivity contribution is 5.94. The van der Waals surface area contributed by atoms with E-state index < -0.39 is 0 Å². The van der Waals surface area contributed by atoms with Gasteiger partial charge in [0.25, 0.3) is 0 Å². The highest BCUT2D eigenvalue weighted by Crippen LogP contribution is 2.35. The summed E-state index contributed by atoms with van der Waals surface area (Å²) in [6, 6.07) is 4.11. The molecule has 0 spiro atoms. The third kappa shape index (κ3) is 3.31. The Kier molecular flexibility index (Phi) is 4.77. The molecule has 0 atom stereocenters. The van der Waals surface area contributed by atoms with Crippen molar-refractivity contribution >= 4 is 16.6 Å². The zero-order chi connectivity index (χ0) is 17.2. The SMILES string of the molecule is COc1cc2c(N)c3c(nc2cc1COCCN1CCCC1)CCC3. The second-order valence-corrected chi connectivity index (χ2v) is 7.09. The van der Waals surface area contributed by atoms with Crippen molar-refractivity contribution < 1.29 is 9.47 Å². The Balaban J connectivity index is 1.52. The first-order valence-corrected chi connectivity index (χ1v) is 9.34. The van der Waals surface area contributed by atoms with Crippen LogP contribution in [0.25, 0.3) is 10.9 Å². The summed E-state index contributed by atoms with van der Waals surface area (Å²) in [5, 5.41) is 0.998. The molecule has 2 heterocycles. The minimum Gasteiger partial charge on any atom is -0.496 e. The van der Waals surface area contributed by atoms with Gasteiger partial charge in [-0.25, -0.2) is 0 Å². The summed E-state index contributed by atoms with van der Waals surface area (Å²) in [5.74, 6) is 0.833. The number of benzene rings is 1. The van der Waals surface area contributed by atoms with Gasteiger partial charge in [0.1, 0.15) is 5.75 Å². The normalized spacial score (nSPS) is 17.3. The summed E-state index contributed by atoms with van der Waals surface area (Å²) in [4.78, 5) is 7.31. The highest BCUT2D eigenvalue weighted by atomic mass is 16.5. The first-order valence-electron chi connectivity index (χ1n) is 9.34. The average molecular weight is 341 g/mol. The number of aryl methyl sites for hydroxylation is 1. The lowest BCUT2D eigenvalue weighted by molar-refractivity contribution is 0.0979. The van der Waals surface area contributed by atoms with E-state index in [1.54, 1.807) is 7.11 Å². The van der Waals surface area contributed by atoms with Crippen molar-refractivity contribution in [2.24, 2.45) is 0 Å². The second kappa shape index (κ2) is 7.18. The van der Waals surface area contributed by atoms with Crippen LogP contribution < -0.4 is 10.5 Å². The van der Waals surface area contributed by atoms with Gasteiger partial charge in [0.2, 0.25) is 0 Å². The zero-order valence-corrected chi connectivity index (χ0v) is 15.0. The van der Waals surface area contributed by atoms with E-state index in [1.165, 1.54) is 31.5 Å². The Labute approximate surface area is 149 Å². The number of ether oxygens (including phenoxy) is 2. The maximum absolute atomic E-state index is 6.40. The van der Waals surface area contributed by atoms with Crippen LogP contribution in [-0.2, 0) is 24.2 Å². The van der Waals surface area contributed by atoms with Crippen molar-refractivity contribution in [1.29, 1.82) is 0 Å². The molecule has 1 aliphatic heterocycles. The van der Waals surface area contributed by atoms with Crippen LogP contribution in [0.4, 0.5) is 5.69 Å². The fourth-order valence-electron chi connectivity index (χ4n) is 4.05. The van der Waals surface area contributed by atoms with Gasteiger partial charge in [0.05, 0.1) is 25.8 Å². The minimum absolute atomic E-state index is 0.547. The summed E-state index contributed by atoms with van der Waals surface area (Å²) < 4.78 is 11.5. The first kappa shape index (κ1) is 16.6. The molecule has 5 heteroatoms. The molecule has 2 N–H and O–H groups in total. The molecule has 0 bridgehead atoms. The number of methoxy groups -OCH3 is 1. The van der Waals surface area contributed by atoms with Gasteiger partial charge in [-0.15, -0.1) is 0 Å². The summed E-state index contributed by atoms with van der Waals surface area (Å²) in [6.07, 6.45) is 5.84. The summed E-state index contributed by atoms with van der Waals surface area (Å²) in [7, 11) is 1.70.